The molecule has 0 aromatic heterocycles. The van der Waals surface area contributed by atoms with E-state index in [1.165, 1.54) is 13.8 Å². The van der Waals surface area contributed by atoms with Crippen LogP contribution in [0.1, 0.15) is 63.4 Å². The van der Waals surface area contributed by atoms with Gasteiger partial charge in [0.1, 0.15) is 11.7 Å². The molecule has 0 spiro atoms. The van der Waals surface area contributed by atoms with E-state index in [1.54, 1.807) is 0 Å². The number of alkyl halides is 6. The van der Waals surface area contributed by atoms with Gasteiger partial charge in [0.05, 0.1) is 5.56 Å². The minimum absolute atomic E-state index is 0.0359. The molecule has 0 aliphatic heterocycles. The molecule has 1 atom stereocenters. The van der Waals surface area contributed by atoms with E-state index in [9.17, 15) is 35.5 Å². The largest absolute Gasteiger partial charge is 0.417 e. The van der Waals surface area contributed by atoms with Crippen LogP contribution in [0.3, 0.4) is 0 Å². The van der Waals surface area contributed by atoms with Crippen LogP contribution in [-0.4, -0.2) is 12.0 Å². The Balaban J connectivity index is 2.04. The molecule has 1 aliphatic carbocycles. The third kappa shape index (κ3) is 5.96. The van der Waals surface area contributed by atoms with Crippen molar-refractivity contribution in [2.24, 2.45) is 5.92 Å². The van der Waals surface area contributed by atoms with Gasteiger partial charge < -0.3 is 0 Å². The molecule has 0 bridgehead atoms. The minimum atomic E-state index is -4.97. The maximum Gasteiger partial charge on any atom is 0.417 e. The molecular weight excluding hydrogens is 473 g/mol. The van der Waals surface area contributed by atoms with Crippen molar-refractivity contribution in [2.75, 3.05) is 0 Å². The number of allylic oxidation sites excluding steroid dienone is 1. The lowest BCUT2D eigenvalue weighted by Gasteiger charge is -2.20. The third-order valence-corrected chi connectivity index (χ3v) is 6.15. The number of ketones is 1. The van der Waals surface area contributed by atoms with Crippen molar-refractivity contribution >= 4 is 23.2 Å². The van der Waals surface area contributed by atoms with E-state index in [0.717, 1.165) is 37.1 Å². The van der Waals surface area contributed by atoms with Crippen molar-refractivity contribution in [1.82, 2.24) is 0 Å². The van der Waals surface area contributed by atoms with Gasteiger partial charge in [-0.3, -0.25) is 4.79 Å². The molecule has 1 fully saturated rings. The molecular formula is C24H20ClF7O. The smallest absolute Gasteiger partial charge is 0.294 e. The Morgan fingerprint density at radius 2 is 1.64 bits per heavy atom. The Kier molecular flexibility index (Phi) is 6.99. The van der Waals surface area contributed by atoms with Crippen LogP contribution in [0.15, 0.2) is 36.4 Å². The van der Waals surface area contributed by atoms with Gasteiger partial charge in [-0.2, -0.15) is 26.3 Å². The maximum atomic E-state index is 14.9. The molecule has 1 nitrogen and oxygen atoms in total. The van der Waals surface area contributed by atoms with Crippen LogP contribution in [0, 0.1) is 19.8 Å². The number of Topliss-reactive ketones (excluding diaryl/α,β-unsaturated/α-hetero) is 1. The van der Waals surface area contributed by atoms with Gasteiger partial charge >= 0.3 is 12.4 Å². The van der Waals surface area contributed by atoms with E-state index < -0.39 is 46.6 Å². The molecule has 2 aromatic rings. The fourth-order valence-corrected chi connectivity index (χ4v) is 3.75. The molecule has 2 aromatic carbocycles. The molecule has 0 radical (unpaired) electrons. The van der Waals surface area contributed by atoms with Gasteiger partial charge in [-0.15, -0.1) is 0 Å². The van der Waals surface area contributed by atoms with Crippen LogP contribution in [-0.2, 0) is 6.18 Å². The fourth-order valence-electron chi connectivity index (χ4n) is 3.65. The Labute approximate surface area is 191 Å². The lowest BCUT2D eigenvalue weighted by molar-refractivity contribution is -0.140. The zero-order chi connectivity index (χ0) is 24.7. The number of carbonyl (C=O) groups is 1. The molecule has 1 saturated carbocycles. The molecule has 0 saturated heterocycles. The number of carbonyl (C=O) groups excluding carboxylic acids is 1. The van der Waals surface area contributed by atoms with Crippen LogP contribution in [0.4, 0.5) is 30.7 Å². The molecule has 1 unspecified atom stereocenters. The van der Waals surface area contributed by atoms with E-state index in [-0.39, 0.29) is 29.0 Å². The van der Waals surface area contributed by atoms with Gasteiger partial charge in [-0.25, -0.2) is 4.39 Å². The summed E-state index contributed by atoms with van der Waals surface area (Å²) >= 11 is 6.00. The van der Waals surface area contributed by atoms with Crippen LogP contribution in [0.5, 0.6) is 0 Å². The van der Waals surface area contributed by atoms with Crippen molar-refractivity contribution in [3.05, 3.63) is 74.8 Å². The van der Waals surface area contributed by atoms with Crippen LogP contribution in [0.2, 0.25) is 5.02 Å². The number of hydrogen-bond donors (Lipinski definition) is 0. The van der Waals surface area contributed by atoms with E-state index in [4.69, 9.17) is 11.6 Å². The summed E-state index contributed by atoms with van der Waals surface area (Å²) in [6, 6.07) is 4.44. The lowest BCUT2D eigenvalue weighted by atomic mass is 9.92. The molecule has 0 heterocycles. The second kappa shape index (κ2) is 9.12. The first kappa shape index (κ1) is 25.3. The van der Waals surface area contributed by atoms with Crippen molar-refractivity contribution < 1.29 is 35.5 Å². The summed E-state index contributed by atoms with van der Waals surface area (Å²) in [6.07, 6.45) is -8.18. The summed E-state index contributed by atoms with van der Waals surface area (Å²) in [4.78, 5) is 12.3. The average molecular weight is 493 g/mol. The second-order valence-electron chi connectivity index (χ2n) is 8.33. The van der Waals surface area contributed by atoms with Gasteiger partial charge in [0.15, 0.2) is 5.78 Å². The quantitative estimate of drug-likeness (QED) is 0.291. The zero-order valence-corrected chi connectivity index (χ0v) is 18.4. The Morgan fingerprint density at radius 3 is 2.12 bits per heavy atom. The highest BCUT2D eigenvalue weighted by atomic mass is 35.5. The maximum absolute atomic E-state index is 14.9. The first-order valence-electron chi connectivity index (χ1n) is 10.1. The number of aryl methyl sites for hydroxylation is 2. The molecule has 0 amide bonds. The molecule has 3 rings (SSSR count). The van der Waals surface area contributed by atoms with Gasteiger partial charge in [0.25, 0.3) is 0 Å². The second-order valence-corrected chi connectivity index (χ2v) is 8.71. The van der Waals surface area contributed by atoms with Crippen molar-refractivity contribution in [2.45, 2.75) is 51.4 Å². The number of rotatable bonds is 6. The highest BCUT2D eigenvalue weighted by molar-refractivity contribution is 6.32. The standard InChI is InChI=1S/C24H20ClF7O/c1-12-7-16(8-13(2)22(12)25)18(23(27,28)29)11-20(26)15-5-6-17(19(10-15)24(30,31)32)21(33)9-14-3-4-14/h5-8,10-11,14,18H,3-4,9H2,1-2H3/b20-11-. The van der Waals surface area contributed by atoms with E-state index in [0.29, 0.717) is 17.2 Å². The van der Waals surface area contributed by atoms with E-state index in [2.05, 4.69) is 0 Å². The molecule has 178 valence electrons. The van der Waals surface area contributed by atoms with Crippen molar-refractivity contribution in [3.8, 4) is 0 Å². The first-order chi connectivity index (χ1) is 15.2. The zero-order valence-electron chi connectivity index (χ0n) is 17.7. The molecule has 1 aliphatic rings. The summed E-state index contributed by atoms with van der Waals surface area (Å²) < 4.78 is 96.8. The van der Waals surface area contributed by atoms with Gasteiger partial charge in [0.2, 0.25) is 0 Å². The van der Waals surface area contributed by atoms with Crippen LogP contribution in [0.25, 0.3) is 5.83 Å². The summed E-state index contributed by atoms with van der Waals surface area (Å²) in [5, 5.41) is 0.269. The fraction of sp³-hybridized carbons (Fsp3) is 0.375. The highest BCUT2D eigenvalue weighted by Gasteiger charge is 2.41. The Morgan fingerprint density at radius 1 is 1.06 bits per heavy atom. The van der Waals surface area contributed by atoms with E-state index in [1.807, 2.05) is 0 Å². The van der Waals surface area contributed by atoms with Crippen molar-refractivity contribution in [1.29, 1.82) is 0 Å². The SMILES string of the molecule is Cc1cc(C(/C=C(\F)c2ccc(C(=O)CC3CC3)c(C(F)(F)F)c2)C(F)(F)F)cc(C)c1Cl. The van der Waals surface area contributed by atoms with Gasteiger partial charge in [-0.1, -0.05) is 35.9 Å². The van der Waals surface area contributed by atoms with Crippen LogP contribution >= 0.6 is 11.6 Å². The molecule has 33 heavy (non-hydrogen) atoms. The first-order valence-corrected chi connectivity index (χ1v) is 10.5. The normalized spacial score (nSPS) is 16.1. The Bertz CT molecular complexity index is 1070. The van der Waals surface area contributed by atoms with Crippen molar-refractivity contribution in [3.63, 3.8) is 0 Å². The summed E-state index contributed by atoms with van der Waals surface area (Å²) in [6.45, 7) is 3.00. The Hall–Kier alpha value is -2.35. The van der Waals surface area contributed by atoms with Gasteiger partial charge in [0, 0.05) is 22.6 Å². The van der Waals surface area contributed by atoms with Gasteiger partial charge in [-0.05, 0) is 61.4 Å². The average Bonchev–Trinajstić information content (AvgIpc) is 3.51. The van der Waals surface area contributed by atoms with Crippen LogP contribution < -0.4 is 0 Å². The number of hydrogen-bond acceptors (Lipinski definition) is 1. The summed E-state index contributed by atoms with van der Waals surface area (Å²) in [5.41, 5.74) is -2.25. The highest BCUT2D eigenvalue weighted by Crippen LogP contribution is 2.41. The third-order valence-electron chi connectivity index (χ3n) is 5.56. The minimum Gasteiger partial charge on any atom is -0.294 e. The number of benzene rings is 2. The number of halogens is 8. The predicted octanol–water partition coefficient (Wildman–Crippen LogP) is 8.61. The summed E-state index contributed by atoms with van der Waals surface area (Å²) in [7, 11) is 0. The summed E-state index contributed by atoms with van der Waals surface area (Å²) in [5.74, 6) is -4.57. The topological polar surface area (TPSA) is 17.1 Å². The molecule has 9 heteroatoms. The predicted molar refractivity (Wildman–Crippen MR) is 112 cm³/mol. The molecule has 0 N–H and O–H groups in total. The lowest BCUT2D eigenvalue weighted by Crippen LogP contribution is -2.19. The monoisotopic (exact) mass is 492 g/mol. The van der Waals surface area contributed by atoms with E-state index >= 15 is 0 Å².